The first kappa shape index (κ1) is 23.7. The second-order valence-electron chi connectivity index (χ2n) is 6.71. The minimum atomic E-state index is -1.02. The molecule has 1 amide bonds. The largest absolute Gasteiger partial charge is 0.493 e. The van der Waals surface area contributed by atoms with Gasteiger partial charge in [0.05, 0.1) is 30.7 Å². The van der Waals surface area contributed by atoms with Gasteiger partial charge in [-0.25, -0.2) is 4.79 Å². The molecule has 172 valence electrons. The highest BCUT2D eigenvalue weighted by Gasteiger charge is 2.27. The number of nitrogens with one attached hydrogen (secondary N) is 1. The second kappa shape index (κ2) is 11.1. The number of rotatable bonds is 10. The molecule has 0 aliphatic rings. The van der Waals surface area contributed by atoms with Gasteiger partial charge in [-0.05, 0) is 23.9 Å². The van der Waals surface area contributed by atoms with Gasteiger partial charge in [0, 0.05) is 10.9 Å². The summed E-state index contributed by atoms with van der Waals surface area (Å²) in [6.45, 7) is 1.36. The number of ether oxygens (including phenoxy) is 3. The lowest BCUT2D eigenvalue weighted by molar-refractivity contribution is -0.385. The van der Waals surface area contributed by atoms with E-state index in [4.69, 9.17) is 14.2 Å². The Bertz CT molecular complexity index is 1120. The number of esters is 1. The van der Waals surface area contributed by atoms with E-state index in [1.54, 1.807) is 6.92 Å². The Labute approximate surface area is 194 Å². The number of nitro groups is 1. The Hall–Kier alpha value is -3.92. The molecule has 0 saturated heterocycles. The van der Waals surface area contributed by atoms with E-state index < -0.39 is 35.1 Å². The number of methoxy groups -OCH3 is 1. The molecule has 0 spiro atoms. The lowest BCUT2D eigenvalue weighted by Crippen LogP contribution is -2.32. The van der Waals surface area contributed by atoms with Crippen molar-refractivity contribution in [3.63, 3.8) is 0 Å². The molecule has 10 heteroatoms. The van der Waals surface area contributed by atoms with Crippen LogP contribution < -0.4 is 14.8 Å². The molecular weight excluding hydrogens is 448 g/mol. The molecule has 33 heavy (non-hydrogen) atoms. The molecule has 1 heterocycles. The molecule has 0 radical (unpaired) electrons. The van der Waals surface area contributed by atoms with Gasteiger partial charge in [0.1, 0.15) is 5.56 Å². The number of nitro benzene ring substituents is 1. The highest BCUT2D eigenvalue weighted by Crippen LogP contribution is 2.35. The Morgan fingerprint density at radius 3 is 2.48 bits per heavy atom. The Kier molecular flexibility index (Phi) is 7.98. The van der Waals surface area contributed by atoms with E-state index in [0.717, 1.165) is 16.5 Å². The van der Waals surface area contributed by atoms with Crippen LogP contribution in [0, 0.1) is 10.1 Å². The number of amides is 1. The van der Waals surface area contributed by atoms with Gasteiger partial charge in [-0.2, -0.15) is 0 Å². The summed E-state index contributed by atoms with van der Waals surface area (Å²) < 4.78 is 15.6. The Balaban J connectivity index is 1.74. The van der Waals surface area contributed by atoms with Gasteiger partial charge in [0.25, 0.3) is 11.6 Å². The van der Waals surface area contributed by atoms with Crippen molar-refractivity contribution in [1.82, 2.24) is 5.32 Å². The molecule has 3 rings (SSSR count). The number of carbonyl (C=O) groups excluding carboxylic acids is 2. The fourth-order valence-electron chi connectivity index (χ4n) is 3.12. The molecule has 1 aromatic heterocycles. The maximum absolute atomic E-state index is 12.6. The van der Waals surface area contributed by atoms with Gasteiger partial charge in [-0.3, -0.25) is 14.9 Å². The van der Waals surface area contributed by atoms with Gasteiger partial charge in [0.15, 0.2) is 18.1 Å². The fraction of sp³-hybridized carbons (Fsp3) is 0.217. The van der Waals surface area contributed by atoms with Gasteiger partial charge in [0.2, 0.25) is 0 Å². The molecule has 1 atom stereocenters. The van der Waals surface area contributed by atoms with Gasteiger partial charge >= 0.3 is 5.97 Å². The molecule has 2 aromatic carbocycles. The highest BCUT2D eigenvalue weighted by molar-refractivity contribution is 7.10. The van der Waals surface area contributed by atoms with Gasteiger partial charge < -0.3 is 19.5 Å². The predicted molar refractivity (Wildman–Crippen MR) is 122 cm³/mol. The third-order valence-corrected chi connectivity index (χ3v) is 5.54. The SMILES string of the molecule is CCOc1cc([N+](=O)[O-])c(C(=O)OCC(=O)NC(c2ccccc2)c2cccs2)cc1OC. The average molecular weight is 471 g/mol. The molecule has 3 aromatic rings. The lowest BCUT2D eigenvalue weighted by Gasteiger charge is -2.18. The first-order valence-electron chi connectivity index (χ1n) is 9.98. The monoisotopic (exact) mass is 470 g/mol. The first-order chi connectivity index (χ1) is 15.9. The van der Waals surface area contributed by atoms with Crippen LogP contribution in [-0.2, 0) is 9.53 Å². The average Bonchev–Trinajstić information content (AvgIpc) is 3.36. The van der Waals surface area contributed by atoms with Gasteiger partial charge in [-0.15, -0.1) is 11.3 Å². The second-order valence-corrected chi connectivity index (χ2v) is 7.69. The maximum atomic E-state index is 12.6. The van der Waals surface area contributed by atoms with E-state index in [9.17, 15) is 19.7 Å². The third-order valence-electron chi connectivity index (χ3n) is 4.60. The van der Waals surface area contributed by atoms with E-state index in [1.807, 2.05) is 47.8 Å². The van der Waals surface area contributed by atoms with Crippen LogP contribution in [0.25, 0.3) is 0 Å². The Morgan fingerprint density at radius 2 is 1.88 bits per heavy atom. The number of hydrogen-bond donors (Lipinski definition) is 1. The maximum Gasteiger partial charge on any atom is 0.345 e. The van der Waals surface area contributed by atoms with Crippen LogP contribution in [0.2, 0.25) is 0 Å². The van der Waals surface area contributed by atoms with Crippen LogP contribution in [-0.4, -0.2) is 37.1 Å². The highest BCUT2D eigenvalue weighted by atomic mass is 32.1. The number of thiophene rings is 1. The van der Waals surface area contributed by atoms with Crippen molar-refractivity contribution in [1.29, 1.82) is 0 Å². The van der Waals surface area contributed by atoms with E-state index in [2.05, 4.69) is 5.32 Å². The lowest BCUT2D eigenvalue weighted by atomic mass is 10.1. The van der Waals surface area contributed by atoms with Crippen LogP contribution >= 0.6 is 11.3 Å². The topological polar surface area (TPSA) is 117 Å². The third kappa shape index (κ3) is 5.86. The van der Waals surface area contributed by atoms with Crippen molar-refractivity contribution >= 4 is 28.9 Å². The molecule has 0 bridgehead atoms. The van der Waals surface area contributed by atoms with E-state index in [1.165, 1.54) is 24.5 Å². The number of benzene rings is 2. The van der Waals surface area contributed by atoms with Crippen LogP contribution in [0.4, 0.5) is 5.69 Å². The van der Waals surface area contributed by atoms with Crippen molar-refractivity contribution in [2.75, 3.05) is 20.3 Å². The summed E-state index contributed by atoms with van der Waals surface area (Å²) in [7, 11) is 1.35. The van der Waals surface area contributed by atoms with Crippen molar-refractivity contribution in [3.05, 3.63) is 86.1 Å². The van der Waals surface area contributed by atoms with Crippen LogP contribution in [0.15, 0.2) is 60.0 Å². The zero-order valence-corrected chi connectivity index (χ0v) is 18.8. The van der Waals surface area contributed by atoms with Crippen molar-refractivity contribution in [2.24, 2.45) is 0 Å². The predicted octanol–water partition coefficient (Wildman–Crippen LogP) is 4.13. The molecule has 0 aliphatic heterocycles. The number of nitrogens with zero attached hydrogens (tertiary/aromatic N) is 1. The first-order valence-corrected chi connectivity index (χ1v) is 10.9. The summed E-state index contributed by atoms with van der Waals surface area (Å²) in [5, 5.41) is 16.2. The van der Waals surface area contributed by atoms with E-state index >= 15 is 0 Å². The van der Waals surface area contributed by atoms with Crippen LogP contribution in [0.3, 0.4) is 0 Å². The normalized spacial score (nSPS) is 11.3. The van der Waals surface area contributed by atoms with Crippen LogP contribution in [0.1, 0.15) is 33.8 Å². The van der Waals surface area contributed by atoms with Crippen molar-refractivity contribution < 1.29 is 28.7 Å². The molecule has 1 unspecified atom stereocenters. The standard InChI is InChI=1S/C23H22N2O7S/c1-3-31-19-13-17(25(28)29)16(12-18(19)30-2)23(27)32-14-21(26)24-22(20-10-7-11-33-20)15-8-5-4-6-9-15/h4-13,22H,3,14H2,1-2H3,(H,24,26). The van der Waals surface area contributed by atoms with Crippen molar-refractivity contribution in [3.8, 4) is 11.5 Å². The summed E-state index contributed by atoms with van der Waals surface area (Å²) >= 11 is 1.48. The molecular formula is C23H22N2O7S. The summed E-state index contributed by atoms with van der Waals surface area (Å²) in [6.07, 6.45) is 0. The Morgan fingerprint density at radius 1 is 1.12 bits per heavy atom. The summed E-state index contributed by atoms with van der Waals surface area (Å²) in [5.74, 6) is -1.31. The minimum absolute atomic E-state index is 0.127. The molecule has 0 saturated carbocycles. The smallest absolute Gasteiger partial charge is 0.345 e. The molecule has 0 fully saturated rings. The zero-order chi connectivity index (χ0) is 23.8. The van der Waals surface area contributed by atoms with Crippen LogP contribution in [0.5, 0.6) is 11.5 Å². The van der Waals surface area contributed by atoms with Crippen molar-refractivity contribution in [2.45, 2.75) is 13.0 Å². The quantitative estimate of drug-likeness (QED) is 0.269. The molecule has 1 N–H and O–H groups in total. The van der Waals surface area contributed by atoms with E-state index in [0.29, 0.717) is 0 Å². The summed E-state index contributed by atoms with van der Waals surface area (Å²) in [4.78, 5) is 36.8. The molecule has 0 aliphatic carbocycles. The summed E-state index contributed by atoms with van der Waals surface area (Å²) in [5.41, 5.74) is 0.0166. The molecule has 9 nitrogen and oxygen atoms in total. The minimum Gasteiger partial charge on any atom is -0.493 e. The number of carbonyl (C=O) groups is 2. The van der Waals surface area contributed by atoms with E-state index in [-0.39, 0.29) is 23.7 Å². The zero-order valence-electron chi connectivity index (χ0n) is 18.0. The number of hydrogen-bond acceptors (Lipinski definition) is 8. The van der Waals surface area contributed by atoms with Gasteiger partial charge in [-0.1, -0.05) is 36.4 Å². The fourth-order valence-corrected chi connectivity index (χ4v) is 3.93. The summed E-state index contributed by atoms with van der Waals surface area (Å²) in [6, 6.07) is 15.0.